The summed E-state index contributed by atoms with van der Waals surface area (Å²) in [6, 6.07) is 11.6. The summed E-state index contributed by atoms with van der Waals surface area (Å²) in [6.07, 6.45) is 1.94. The van der Waals surface area contributed by atoms with E-state index in [0.717, 1.165) is 19.9 Å². The third-order valence-corrected chi connectivity index (χ3v) is 5.70. The fourth-order valence-electron chi connectivity index (χ4n) is 2.43. The minimum Gasteiger partial charge on any atom is -0.334 e. The lowest BCUT2D eigenvalue weighted by molar-refractivity contribution is 0.569. The molecule has 0 aliphatic carbocycles. The van der Waals surface area contributed by atoms with Gasteiger partial charge in [-0.2, -0.15) is 0 Å². The van der Waals surface area contributed by atoms with Gasteiger partial charge in [0.2, 0.25) is 0 Å². The Morgan fingerprint density at radius 1 is 1.22 bits per heavy atom. The molecule has 0 bridgehead atoms. The third kappa shape index (κ3) is 2.85. The Balaban J connectivity index is 1.72. The Bertz CT molecular complexity index is 1000. The molecule has 0 atom stereocenters. The second kappa shape index (κ2) is 5.96. The average molecular weight is 362 g/mol. The molecule has 0 N–H and O–H groups in total. The van der Waals surface area contributed by atoms with Crippen molar-refractivity contribution < 1.29 is 0 Å². The molecular weight excluding hydrogens is 350 g/mol. The van der Waals surface area contributed by atoms with Gasteiger partial charge in [-0.15, -0.1) is 11.3 Å². The molecule has 0 unspecified atom stereocenters. The molecule has 0 fully saturated rings. The van der Waals surface area contributed by atoms with Gasteiger partial charge >= 0.3 is 0 Å². The van der Waals surface area contributed by atoms with E-state index in [1.54, 1.807) is 15.9 Å². The Morgan fingerprint density at radius 3 is 2.78 bits per heavy atom. The van der Waals surface area contributed by atoms with Crippen molar-refractivity contribution >= 4 is 46.0 Å². The summed E-state index contributed by atoms with van der Waals surface area (Å²) in [6.45, 7) is 1.05. The maximum atomic E-state index is 12.6. The smallest absolute Gasteiger partial charge is 0.271 e. The molecule has 116 valence electrons. The first kappa shape index (κ1) is 14.7. The van der Waals surface area contributed by atoms with Gasteiger partial charge in [-0.1, -0.05) is 29.0 Å². The summed E-state index contributed by atoms with van der Waals surface area (Å²) in [5.74, 6) is 0. The van der Waals surface area contributed by atoms with Gasteiger partial charge in [0, 0.05) is 15.6 Å². The molecule has 0 amide bonds. The largest absolute Gasteiger partial charge is 0.334 e. The van der Waals surface area contributed by atoms with Crippen molar-refractivity contribution in [3.63, 3.8) is 0 Å². The summed E-state index contributed by atoms with van der Waals surface area (Å²) < 4.78 is 2.45. The summed E-state index contributed by atoms with van der Waals surface area (Å²) in [7, 11) is 0. The van der Waals surface area contributed by atoms with Crippen LogP contribution in [0.1, 0.15) is 4.88 Å². The lowest BCUT2D eigenvalue weighted by Crippen LogP contribution is -2.42. The zero-order valence-corrected chi connectivity index (χ0v) is 14.4. The van der Waals surface area contributed by atoms with Gasteiger partial charge in [-0.05, 0) is 41.8 Å². The normalized spacial score (nSPS) is 14.7. The van der Waals surface area contributed by atoms with Crippen molar-refractivity contribution in [3.05, 3.63) is 71.4 Å². The van der Waals surface area contributed by atoms with E-state index in [0.29, 0.717) is 18.4 Å². The van der Waals surface area contributed by atoms with Gasteiger partial charge in [0.1, 0.15) is 13.3 Å². The predicted molar refractivity (Wildman–Crippen MR) is 96.0 cm³/mol. The van der Waals surface area contributed by atoms with Crippen molar-refractivity contribution in [2.45, 2.75) is 6.67 Å². The average Bonchev–Trinajstić information content (AvgIpc) is 3.17. The number of thiophene rings is 1. The fraction of sp³-hybridized carbons (Fsp3) is 0.125. The van der Waals surface area contributed by atoms with Crippen LogP contribution in [0.4, 0.5) is 5.69 Å². The third-order valence-electron chi connectivity index (χ3n) is 3.59. The first-order valence-corrected chi connectivity index (χ1v) is 9.08. The molecule has 1 aromatic carbocycles. The van der Waals surface area contributed by atoms with E-state index in [2.05, 4.69) is 4.99 Å². The van der Waals surface area contributed by atoms with E-state index in [1.165, 1.54) is 11.3 Å². The van der Waals surface area contributed by atoms with Crippen LogP contribution in [0.3, 0.4) is 0 Å². The Hall–Kier alpha value is -1.89. The molecule has 1 aliphatic heterocycles. The summed E-state index contributed by atoms with van der Waals surface area (Å²) >= 11 is 9.00. The predicted octanol–water partition coefficient (Wildman–Crippen LogP) is 2.51. The van der Waals surface area contributed by atoms with Crippen LogP contribution < -0.4 is 19.8 Å². The number of hydrogen-bond donors (Lipinski definition) is 0. The number of hydrogen-bond acceptors (Lipinski definition) is 5. The number of rotatable bonds is 2. The molecule has 4 rings (SSSR count). The van der Waals surface area contributed by atoms with Crippen molar-refractivity contribution in [1.82, 2.24) is 4.57 Å². The topological polar surface area (TPSA) is 37.6 Å². The number of halogens is 1. The standard InChI is InChI=1S/C16H12ClN3OS2/c17-11-3-5-12(6-4-11)19-9-18-16-20(10-19)15(21)14(23-16)8-13-2-1-7-22-13/h1-8H,9-10H2. The first-order valence-electron chi connectivity index (χ1n) is 7.00. The van der Waals surface area contributed by atoms with E-state index in [4.69, 9.17) is 11.6 Å². The summed E-state index contributed by atoms with van der Waals surface area (Å²) in [5.41, 5.74) is 1.02. The maximum Gasteiger partial charge on any atom is 0.271 e. The number of anilines is 1. The Labute approximate surface area is 145 Å². The maximum absolute atomic E-state index is 12.6. The molecule has 4 nitrogen and oxygen atoms in total. The molecule has 0 radical (unpaired) electrons. The zero-order chi connectivity index (χ0) is 15.8. The highest BCUT2D eigenvalue weighted by Gasteiger charge is 2.15. The zero-order valence-electron chi connectivity index (χ0n) is 12.0. The molecule has 2 aromatic heterocycles. The molecule has 3 aromatic rings. The molecule has 3 heterocycles. The van der Waals surface area contributed by atoms with E-state index >= 15 is 0 Å². The van der Waals surface area contributed by atoms with Gasteiger partial charge in [0.05, 0.1) is 4.53 Å². The van der Waals surface area contributed by atoms with Crippen molar-refractivity contribution in [3.8, 4) is 0 Å². The van der Waals surface area contributed by atoms with E-state index in [1.807, 2.05) is 52.8 Å². The quantitative estimate of drug-likeness (QED) is 0.703. The number of benzene rings is 1. The highest BCUT2D eigenvalue weighted by Crippen LogP contribution is 2.19. The van der Waals surface area contributed by atoms with Gasteiger partial charge in [0.25, 0.3) is 5.56 Å². The Morgan fingerprint density at radius 2 is 2.04 bits per heavy atom. The summed E-state index contributed by atoms with van der Waals surface area (Å²) in [4.78, 5) is 21.1. The molecule has 0 saturated carbocycles. The molecule has 7 heteroatoms. The highest BCUT2D eigenvalue weighted by atomic mass is 35.5. The van der Waals surface area contributed by atoms with E-state index < -0.39 is 0 Å². The van der Waals surface area contributed by atoms with Crippen LogP contribution in [-0.2, 0) is 6.67 Å². The van der Waals surface area contributed by atoms with Gasteiger partial charge in [0.15, 0.2) is 4.80 Å². The van der Waals surface area contributed by atoms with E-state index in [9.17, 15) is 4.79 Å². The second-order valence-electron chi connectivity index (χ2n) is 5.10. The SMILES string of the molecule is O=c1c(=Cc2cccs2)sc2n1CN(c1ccc(Cl)cc1)CN=2. The highest BCUT2D eigenvalue weighted by molar-refractivity contribution is 7.11. The molecule has 0 spiro atoms. The van der Waals surface area contributed by atoms with Gasteiger partial charge in [-0.3, -0.25) is 9.36 Å². The molecule has 23 heavy (non-hydrogen) atoms. The number of thiazole rings is 1. The number of fused-ring (bicyclic) bond motifs is 1. The first-order chi connectivity index (χ1) is 11.2. The monoisotopic (exact) mass is 361 g/mol. The van der Waals surface area contributed by atoms with Crippen LogP contribution in [0.5, 0.6) is 0 Å². The van der Waals surface area contributed by atoms with Crippen LogP contribution in [0.25, 0.3) is 6.08 Å². The minimum atomic E-state index is 0.0146. The fourth-order valence-corrected chi connectivity index (χ4v) is 4.24. The minimum absolute atomic E-state index is 0.0146. The van der Waals surface area contributed by atoms with E-state index in [-0.39, 0.29) is 5.56 Å². The summed E-state index contributed by atoms with van der Waals surface area (Å²) in [5, 5.41) is 2.70. The molecule has 1 aliphatic rings. The van der Waals surface area contributed by atoms with Gasteiger partial charge < -0.3 is 4.90 Å². The lowest BCUT2D eigenvalue weighted by atomic mass is 10.3. The van der Waals surface area contributed by atoms with Crippen LogP contribution in [0.2, 0.25) is 5.02 Å². The van der Waals surface area contributed by atoms with Crippen LogP contribution in [0, 0.1) is 0 Å². The van der Waals surface area contributed by atoms with Crippen molar-refractivity contribution in [2.24, 2.45) is 4.99 Å². The molecular formula is C16H12ClN3OS2. The van der Waals surface area contributed by atoms with Gasteiger partial charge in [-0.25, -0.2) is 4.99 Å². The van der Waals surface area contributed by atoms with Crippen molar-refractivity contribution in [1.29, 1.82) is 0 Å². The molecule has 0 saturated heterocycles. The van der Waals surface area contributed by atoms with Crippen LogP contribution >= 0.6 is 34.3 Å². The van der Waals surface area contributed by atoms with Crippen molar-refractivity contribution in [2.75, 3.05) is 11.6 Å². The number of nitrogens with zero attached hydrogens (tertiary/aromatic N) is 3. The Kier molecular flexibility index (Phi) is 3.80. The number of aromatic nitrogens is 1. The van der Waals surface area contributed by atoms with Crippen LogP contribution in [0.15, 0.2) is 51.6 Å². The second-order valence-corrected chi connectivity index (χ2v) is 7.52. The lowest BCUT2D eigenvalue weighted by Gasteiger charge is -2.25. The van der Waals surface area contributed by atoms with Crippen LogP contribution in [-0.4, -0.2) is 11.2 Å².